The predicted molar refractivity (Wildman–Crippen MR) is 118 cm³/mol. The van der Waals surface area contributed by atoms with Gasteiger partial charge in [0.05, 0.1) is 0 Å². The molecule has 1 saturated heterocycles. The minimum Gasteiger partial charge on any atom is -0.352 e. The summed E-state index contributed by atoms with van der Waals surface area (Å²) >= 11 is 0. The molecule has 0 aromatic carbocycles. The van der Waals surface area contributed by atoms with Crippen LogP contribution < -0.4 is 10.7 Å². The fourth-order valence-corrected chi connectivity index (χ4v) is 4.49. The van der Waals surface area contributed by atoms with E-state index in [9.17, 15) is 14.4 Å². The van der Waals surface area contributed by atoms with E-state index in [-0.39, 0.29) is 29.0 Å². The number of aromatic nitrogens is 1. The highest BCUT2D eigenvalue weighted by Crippen LogP contribution is 2.28. The zero-order valence-electron chi connectivity index (χ0n) is 18.7. The van der Waals surface area contributed by atoms with Gasteiger partial charge in [-0.05, 0) is 39.8 Å². The van der Waals surface area contributed by atoms with Crippen LogP contribution in [0.5, 0.6) is 0 Å². The van der Waals surface area contributed by atoms with Gasteiger partial charge >= 0.3 is 0 Å². The number of rotatable bonds is 7. The van der Waals surface area contributed by atoms with Crippen molar-refractivity contribution in [2.45, 2.75) is 70.4 Å². The molecule has 1 saturated carbocycles. The lowest BCUT2D eigenvalue weighted by Crippen LogP contribution is -2.39. The number of amides is 2. The summed E-state index contributed by atoms with van der Waals surface area (Å²) in [6.45, 7) is 3.84. The molecule has 7 nitrogen and oxygen atoms in total. The monoisotopic (exact) mass is 416 g/mol. The summed E-state index contributed by atoms with van der Waals surface area (Å²) in [4.78, 5) is 43.1. The molecule has 30 heavy (non-hydrogen) atoms. The van der Waals surface area contributed by atoms with Crippen LogP contribution in [0.3, 0.4) is 0 Å². The molecule has 2 fully saturated rings. The lowest BCUT2D eigenvalue weighted by molar-refractivity contribution is 0.0780. The van der Waals surface area contributed by atoms with E-state index in [4.69, 9.17) is 0 Å². The number of likely N-dealkylation sites (tertiary alicyclic amines) is 1. The van der Waals surface area contributed by atoms with Gasteiger partial charge in [-0.2, -0.15) is 0 Å². The van der Waals surface area contributed by atoms with E-state index >= 15 is 0 Å². The Balaban J connectivity index is 1.92. The molecule has 1 aromatic rings. The zero-order chi connectivity index (χ0) is 21.7. The second-order valence-electron chi connectivity index (χ2n) is 8.92. The first-order valence-corrected chi connectivity index (χ1v) is 11.4. The molecule has 1 atom stereocenters. The van der Waals surface area contributed by atoms with Gasteiger partial charge < -0.3 is 19.7 Å². The highest BCUT2D eigenvalue weighted by molar-refractivity contribution is 5.99. The minimum absolute atomic E-state index is 0.0888. The molecule has 0 spiro atoms. The van der Waals surface area contributed by atoms with Crippen LogP contribution in [0.2, 0.25) is 0 Å². The van der Waals surface area contributed by atoms with Crippen LogP contribution in [0.25, 0.3) is 0 Å². The fourth-order valence-electron chi connectivity index (χ4n) is 4.49. The second-order valence-corrected chi connectivity index (χ2v) is 8.92. The van der Waals surface area contributed by atoms with Gasteiger partial charge in [0.2, 0.25) is 5.43 Å². The SMILES string of the molecule is CCCCNC(=O)c1cn(C2CCCCC2)cc(C(=O)N2CCC(N(C)C)C2)c1=O. The van der Waals surface area contributed by atoms with Crippen LogP contribution in [0.1, 0.15) is 85.0 Å². The van der Waals surface area contributed by atoms with E-state index in [1.54, 1.807) is 17.3 Å². The van der Waals surface area contributed by atoms with Crippen molar-refractivity contribution < 1.29 is 9.59 Å². The fraction of sp³-hybridized carbons (Fsp3) is 0.696. The molecule has 1 N–H and O–H groups in total. The predicted octanol–water partition coefficient (Wildman–Crippen LogP) is 2.66. The van der Waals surface area contributed by atoms with E-state index in [1.165, 1.54) is 6.42 Å². The van der Waals surface area contributed by atoms with Gasteiger partial charge in [-0.25, -0.2) is 0 Å². The highest BCUT2D eigenvalue weighted by atomic mass is 16.2. The molecule has 1 aliphatic heterocycles. The Labute approximate surface area is 179 Å². The number of pyridine rings is 1. The molecule has 2 amide bonds. The molecule has 0 radical (unpaired) electrons. The number of unbranched alkanes of at least 4 members (excludes halogenated alkanes) is 1. The minimum atomic E-state index is -0.450. The number of hydrogen-bond donors (Lipinski definition) is 1. The molecular weight excluding hydrogens is 380 g/mol. The van der Waals surface area contributed by atoms with Gasteiger partial charge in [-0.3, -0.25) is 14.4 Å². The van der Waals surface area contributed by atoms with Crippen molar-refractivity contribution in [3.8, 4) is 0 Å². The first-order valence-electron chi connectivity index (χ1n) is 11.4. The standard InChI is InChI=1S/C23H36N4O3/c1-4-5-12-24-22(29)19-15-27(17-9-7-6-8-10-17)16-20(21(19)28)23(30)26-13-11-18(14-26)25(2)3/h15-18H,4-14H2,1-3H3,(H,24,29). The first-order chi connectivity index (χ1) is 14.4. The van der Waals surface area contributed by atoms with Crippen LogP contribution in [-0.4, -0.2) is 66.0 Å². The molecule has 3 rings (SSSR count). The number of hydrogen-bond acceptors (Lipinski definition) is 4. The zero-order valence-corrected chi connectivity index (χ0v) is 18.7. The smallest absolute Gasteiger partial charge is 0.259 e. The summed E-state index contributed by atoms with van der Waals surface area (Å²) in [7, 11) is 4.02. The van der Waals surface area contributed by atoms with Crippen LogP contribution in [0.4, 0.5) is 0 Å². The van der Waals surface area contributed by atoms with Crippen LogP contribution in [0.15, 0.2) is 17.2 Å². The summed E-state index contributed by atoms with van der Waals surface area (Å²) in [6.07, 6.45) is 11.6. The van der Waals surface area contributed by atoms with Crippen molar-refractivity contribution in [2.24, 2.45) is 0 Å². The van der Waals surface area contributed by atoms with Gasteiger partial charge in [-0.1, -0.05) is 32.6 Å². The number of carbonyl (C=O) groups excluding carboxylic acids is 2. The maximum Gasteiger partial charge on any atom is 0.259 e. The molecule has 2 aliphatic rings. The van der Waals surface area contributed by atoms with Crippen LogP contribution >= 0.6 is 0 Å². The summed E-state index contributed by atoms with van der Waals surface area (Å²) in [6, 6.07) is 0.538. The van der Waals surface area contributed by atoms with Gasteiger partial charge in [0.15, 0.2) is 0 Å². The molecule has 2 heterocycles. The van der Waals surface area contributed by atoms with E-state index < -0.39 is 5.43 Å². The average molecular weight is 417 g/mol. The quantitative estimate of drug-likeness (QED) is 0.694. The highest BCUT2D eigenvalue weighted by Gasteiger charge is 2.31. The van der Waals surface area contributed by atoms with Crippen molar-refractivity contribution in [3.05, 3.63) is 33.7 Å². The van der Waals surface area contributed by atoms with E-state index in [0.717, 1.165) is 44.9 Å². The Kier molecular flexibility index (Phi) is 7.69. The topological polar surface area (TPSA) is 74.7 Å². The Hall–Kier alpha value is -2.15. The van der Waals surface area contributed by atoms with E-state index in [2.05, 4.69) is 17.1 Å². The average Bonchev–Trinajstić information content (AvgIpc) is 3.25. The summed E-state index contributed by atoms with van der Waals surface area (Å²) in [5, 5.41) is 2.84. The van der Waals surface area contributed by atoms with E-state index in [0.29, 0.717) is 25.7 Å². The lowest BCUT2D eigenvalue weighted by Gasteiger charge is -2.26. The van der Waals surface area contributed by atoms with Gasteiger partial charge in [0.25, 0.3) is 11.8 Å². The molecular formula is C23H36N4O3. The molecule has 1 unspecified atom stereocenters. The lowest BCUT2D eigenvalue weighted by atomic mass is 9.95. The maximum atomic E-state index is 13.3. The first kappa shape index (κ1) is 22.5. The van der Waals surface area contributed by atoms with Crippen LogP contribution in [-0.2, 0) is 0 Å². The van der Waals surface area contributed by atoms with Gasteiger partial charge in [0, 0.05) is 44.1 Å². The molecule has 1 aliphatic carbocycles. The molecule has 166 valence electrons. The molecule has 1 aromatic heterocycles. The number of nitrogens with one attached hydrogen (secondary N) is 1. The third-order valence-electron chi connectivity index (χ3n) is 6.51. The van der Waals surface area contributed by atoms with E-state index in [1.807, 2.05) is 18.7 Å². The van der Waals surface area contributed by atoms with Crippen molar-refractivity contribution >= 4 is 11.8 Å². The largest absolute Gasteiger partial charge is 0.352 e. The third kappa shape index (κ3) is 5.12. The Morgan fingerprint density at radius 2 is 1.80 bits per heavy atom. The van der Waals surface area contributed by atoms with Crippen molar-refractivity contribution in [3.63, 3.8) is 0 Å². The normalized spacial score (nSPS) is 20.0. The number of likely N-dealkylation sites (N-methyl/N-ethyl adjacent to an activating group) is 1. The third-order valence-corrected chi connectivity index (χ3v) is 6.51. The Morgan fingerprint density at radius 1 is 1.10 bits per heavy atom. The Bertz CT molecular complexity index is 811. The van der Waals surface area contributed by atoms with Crippen LogP contribution in [0, 0.1) is 0 Å². The second kappa shape index (κ2) is 10.2. The summed E-state index contributed by atoms with van der Waals surface area (Å²) in [5.74, 6) is -0.627. The molecule has 0 bridgehead atoms. The van der Waals surface area contributed by atoms with Gasteiger partial charge in [-0.15, -0.1) is 0 Å². The summed E-state index contributed by atoms with van der Waals surface area (Å²) in [5.41, 5.74) is -0.233. The van der Waals surface area contributed by atoms with Gasteiger partial charge in [0.1, 0.15) is 11.1 Å². The molecule has 7 heteroatoms. The van der Waals surface area contributed by atoms with Crippen molar-refractivity contribution in [2.75, 3.05) is 33.7 Å². The van der Waals surface area contributed by atoms with Crippen molar-refractivity contribution in [1.29, 1.82) is 0 Å². The maximum absolute atomic E-state index is 13.3. The van der Waals surface area contributed by atoms with Crippen molar-refractivity contribution in [1.82, 2.24) is 19.7 Å². The number of nitrogens with zero attached hydrogens (tertiary/aromatic N) is 3. The summed E-state index contributed by atoms with van der Waals surface area (Å²) < 4.78 is 1.96. The Morgan fingerprint density at radius 3 is 2.43 bits per heavy atom. The number of carbonyl (C=O) groups is 2.